The number of nitrogens with zero attached hydrogens (tertiary/aromatic N) is 2. The number of nitro benzene ring substituents is 1. The number of carbonyl (C=O) groups excluding carboxylic acids is 1. The van der Waals surface area contributed by atoms with Gasteiger partial charge in [-0.3, -0.25) is 19.7 Å². The van der Waals surface area contributed by atoms with Crippen molar-refractivity contribution in [2.24, 2.45) is 0 Å². The quantitative estimate of drug-likeness (QED) is 0.564. The van der Waals surface area contributed by atoms with Crippen molar-refractivity contribution in [3.63, 3.8) is 0 Å². The molecular formula is C12H14N2O4. The molecular weight excluding hydrogens is 236 g/mol. The zero-order valence-electron chi connectivity index (χ0n) is 10.3. The Morgan fingerprint density at radius 3 is 2.89 bits per heavy atom. The highest BCUT2D eigenvalue weighted by molar-refractivity contribution is 5.72. The fourth-order valence-corrected chi connectivity index (χ4v) is 2.17. The van der Waals surface area contributed by atoms with Gasteiger partial charge >= 0.3 is 0 Å². The van der Waals surface area contributed by atoms with E-state index in [1.807, 2.05) is 0 Å². The minimum atomic E-state index is -0.434. The molecule has 0 saturated heterocycles. The van der Waals surface area contributed by atoms with Crippen molar-refractivity contribution >= 4 is 11.6 Å². The molecule has 0 saturated carbocycles. The largest absolute Gasteiger partial charge is 0.273 e. The molecule has 6 nitrogen and oxygen atoms in total. The SMILES string of the molecule is CC(=O)N1OCCc2ccc([N+](=O)[O-])cc2C1C. The van der Waals surface area contributed by atoms with E-state index in [9.17, 15) is 14.9 Å². The molecule has 6 heteroatoms. The van der Waals surface area contributed by atoms with Gasteiger partial charge in [0.2, 0.25) is 5.91 Å². The Balaban J connectivity index is 2.46. The molecule has 1 aliphatic heterocycles. The Bertz CT molecular complexity index is 501. The van der Waals surface area contributed by atoms with E-state index in [4.69, 9.17) is 4.84 Å². The van der Waals surface area contributed by atoms with Crippen molar-refractivity contribution in [1.82, 2.24) is 5.06 Å². The Labute approximate surface area is 104 Å². The van der Waals surface area contributed by atoms with E-state index in [1.54, 1.807) is 13.0 Å². The van der Waals surface area contributed by atoms with Crippen LogP contribution in [0.25, 0.3) is 0 Å². The molecule has 1 aromatic rings. The maximum atomic E-state index is 11.5. The predicted molar refractivity (Wildman–Crippen MR) is 63.7 cm³/mol. The van der Waals surface area contributed by atoms with Gasteiger partial charge in [-0.2, -0.15) is 0 Å². The number of amides is 1. The summed E-state index contributed by atoms with van der Waals surface area (Å²) in [5.74, 6) is -0.207. The van der Waals surface area contributed by atoms with Gasteiger partial charge in [-0.1, -0.05) is 6.07 Å². The maximum Gasteiger partial charge on any atom is 0.269 e. The zero-order valence-corrected chi connectivity index (χ0v) is 10.3. The van der Waals surface area contributed by atoms with E-state index >= 15 is 0 Å². The lowest BCUT2D eigenvalue weighted by Crippen LogP contribution is -2.30. The number of hydrogen-bond acceptors (Lipinski definition) is 4. The summed E-state index contributed by atoms with van der Waals surface area (Å²) in [5, 5.41) is 12.1. The average molecular weight is 250 g/mol. The summed E-state index contributed by atoms with van der Waals surface area (Å²) in [5.41, 5.74) is 1.79. The molecule has 1 aromatic carbocycles. The van der Waals surface area contributed by atoms with Crippen LogP contribution >= 0.6 is 0 Å². The van der Waals surface area contributed by atoms with Gasteiger partial charge in [0.1, 0.15) is 0 Å². The van der Waals surface area contributed by atoms with Crippen molar-refractivity contribution in [3.05, 3.63) is 39.4 Å². The fourth-order valence-electron chi connectivity index (χ4n) is 2.17. The van der Waals surface area contributed by atoms with Crippen LogP contribution < -0.4 is 0 Å². The number of carbonyl (C=O) groups is 1. The Hall–Kier alpha value is -1.95. The molecule has 0 aromatic heterocycles. The van der Waals surface area contributed by atoms with Crippen LogP contribution in [-0.2, 0) is 16.1 Å². The van der Waals surface area contributed by atoms with Crippen LogP contribution in [0.1, 0.15) is 31.0 Å². The van der Waals surface area contributed by atoms with E-state index in [0.717, 1.165) is 11.1 Å². The van der Waals surface area contributed by atoms with Crippen molar-refractivity contribution in [3.8, 4) is 0 Å². The summed E-state index contributed by atoms with van der Waals surface area (Å²) < 4.78 is 0. The normalized spacial score (nSPS) is 19.0. The number of rotatable bonds is 1. The second kappa shape index (κ2) is 4.73. The first kappa shape index (κ1) is 12.5. The summed E-state index contributed by atoms with van der Waals surface area (Å²) in [6.45, 7) is 3.61. The highest BCUT2D eigenvalue weighted by Gasteiger charge is 2.26. The van der Waals surface area contributed by atoms with Crippen molar-refractivity contribution < 1.29 is 14.6 Å². The standard InChI is InChI=1S/C12H14N2O4/c1-8-12-7-11(14(16)17)4-3-10(12)5-6-18-13(8)9(2)15/h3-4,7-8H,5-6H2,1-2H3. The molecule has 0 radical (unpaired) electrons. The van der Waals surface area contributed by atoms with Gasteiger partial charge in [0, 0.05) is 19.1 Å². The highest BCUT2D eigenvalue weighted by Crippen LogP contribution is 2.30. The number of benzene rings is 1. The summed E-state index contributed by atoms with van der Waals surface area (Å²) >= 11 is 0. The van der Waals surface area contributed by atoms with E-state index in [1.165, 1.54) is 24.1 Å². The molecule has 0 N–H and O–H groups in total. The molecule has 0 bridgehead atoms. The van der Waals surface area contributed by atoms with E-state index in [2.05, 4.69) is 0 Å². The molecule has 1 unspecified atom stereocenters. The lowest BCUT2D eigenvalue weighted by Gasteiger charge is -2.25. The molecule has 0 aliphatic carbocycles. The molecule has 0 spiro atoms. The van der Waals surface area contributed by atoms with E-state index in [0.29, 0.717) is 13.0 Å². The van der Waals surface area contributed by atoms with Gasteiger partial charge in [0.25, 0.3) is 5.69 Å². The number of hydroxylamine groups is 2. The highest BCUT2D eigenvalue weighted by atomic mass is 16.7. The molecule has 1 heterocycles. The Morgan fingerprint density at radius 1 is 1.56 bits per heavy atom. The van der Waals surface area contributed by atoms with Gasteiger partial charge in [0.05, 0.1) is 17.6 Å². The van der Waals surface area contributed by atoms with E-state index < -0.39 is 4.92 Å². The molecule has 2 rings (SSSR count). The first-order valence-corrected chi connectivity index (χ1v) is 5.70. The molecule has 1 atom stereocenters. The summed E-state index contributed by atoms with van der Waals surface area (Å²) in [6.07, 6.45) is 0.640. The monoisotopic (exact) mass is 250 g/mol. The van der Waals surface area contributed by atoms with Crippen LogP contribution in [0.5, 0.6) is 0 Å². The van der Waals surface area contributed by atoms with Crippen LogP contribution in [0.4, 0.5) is 5.69 Å². The van der Waals surface area contributed by atoms with Gasteiger partial charge in [-0.25, -0.2) is 5.06 Å². The fraction of sp³-hybridized carbons (Fsp3) is 0.417. The number of nitro groups is 1. The zero-order chi connectivity index (χ0) is 13.3. The summed E-state index contributed by atoms with van der Waals surface area (Å²) in [4.78, 5) is 27.2. The van der Waals surface area contributed by atoms with Crippen molar-refractivity contribution in [2.45, 2.75) is 26.3 Å². The third-order valence-electron chi connectivity index (χ3n) is 3.05. The van der Waals surface area contributed by atoms with Gasteiger partial charge in [0.15, 0.2) is 0 Å². The second-order valence-corrected chi connectivity index (χ2v) is 4.24. The molecule has 0 fully saturated rings. The van der Waals surface area contributed by atoms with Crippen molar-refractivity contribution in [1.29, 1.82) is 0 Å². The first-order valence-electron chi connectivity index (χ1n) is 5.70. The lowest BCUT2D eigenvalue weighted by molar-refractivity contribution is -0.385. The van der Waals surface area contributed by atoms with Gasteiger partial charge in [-0.05, 0) is 24.5 Å². The maximum absolute atomic E-state index is 11.5. The van der Waals surface area contributed by atoms with Crippen LogP contribution in [0.15, 0.2) is 18.2 Å². The topological polar surface area (TPSA) is 72.7 Å². The smallest absolute Gasteiger partial charge is 0.269 e. The molecule has 18 heavy (non-hydrogen) atoms. The van der Waals surface area contributed by atoms with E-state index in [-0.39, 0.29) is 17.6 Å². The lowest BCUT2D eigenvalue weighted by atomic mass is 9.99. The molecule has 1 aliphatic rings. The minimum absolute atomic E-state index is 0.0333. The summed E-state index contributed by atoms with van der Waals surface area (Å²) in [6, 6.07) is 4.41. The van der Waals surface area contributed by atoms with Crippen LogP contribution in [0.3, 0.4) is 0 Å². The van der Waals surface area contributed by atoms with Gasteiger partial charge in [-0.15, -0.1) is 0 Å². The number of non-ortho nitro benzene ring substituents is 1. The van der Waals surface area contributed by atoms with Crippen LogP contribution in [0, 0.1) is 10.1 Å². The van der Waals surface area contributed by atoms with Crippen LogP contribution in [-0.4, -0.2) is 22.5 Å². The summed E-state index contributed by atoms with van der Waals surface area (Å²) in [7, 11) is 0. The molecule has 96 valence electrons. The Morgan fingerprint density at radius 2 is 2.28 bits per heavy atom. The molecule has 1 amide bonds. The Kier molecular flexibility index (Phi) is 3.29. The average Bonchev–Trinajstić information content (AvgIpc) is 2.48. The number of hydrogen-bond donors (Lipinski definition) is 0. The number of fused-ring (bicyclic) bond motifs is 1. The minimum Gasteiger partial charge on any atom is -0.273 e. The third kappa shape index (κ3) is 2.19. The predicted octanol–water partition coefficient (Wildman–Crippen LogP) is 1.99. The van der Waals surface area contributed by atoms with Crippen LogP contribution in [0.2, 0.25) is 0 Å². The van der Waals surface area contributed by atoms with Crippen molar-refractivity contribution in [2.75, 3.05) is 6.61 Å². The first-order chi connectivity index (χ1) is 8.50. The third-order valence-corrected chi connectivity index (χ3v) is 3.05. The van der Waals surface area contributed by atoms with Gasteiger partial charge < -0.3 is 0 Å². The second-order valence-electron chi connectivity index (χ2n) is 4.24.